The fraction of sp³-hybridized carbons (Fsp3) is 1.00. The van der Waals surface area contributed by atoms with Gasteiger partial charge in [-0.1, -0.05) is 12.1 Å². The highest BCUT2D eigenvalue weighted by atomic mass is 28.3. The van der Waals surface area contributed by atoms with Gasteiger partial charge in [0.05, 0.1) is 8.07 Å². The Bertz CT molecular complexity index is 1180. The van der Waals surface area contributed by atoms with E-state index in [0.717, 1.165) is 0 Å². The van der Waals surface area contributed by atoms with E-state index in [4.69, 9.17) is 0 Å². The minimum Gasteiger partial charge on any atom is -0.200 e. The van der Waals surface area contributed by atoms with Gasteiger partial charge in [0.1, 0.15) is 0 Å². The molecule has 0 aromatic heterocycles. The van der Waals surface area contributed by atoms with Gasteiger partial charge < -0.3 is 0 Å². The highest BCUT2D eigenvalue weighted by Crippen LogP contribution is 2.63. The van der Waals surface area contributed by atoms with Gasteiger partial charge in [-0.2, -0.15) is 140 Å². The fourth-order valence-electron chi connectivity index (χ4n) is 4.33. The smallest absolute Gasteiger partial charge is 0.200 e. The van der Waals surface area contributed by atoms with Gasteiger partial charge in [0, 0.05) is 25.7 Å². The number of hydrogen-bond donors (Lipinski definition) is 0. The molecule has 0 radical (unpaired) electrons. The first-order chi connectivity index (χ1) is 23.3. The molecule has 0 bridgehead atoms. The van der Waals surface area contributed by atoms with Crippen LogP contribution in [0.15, 0.2) is 0 Å². The number of rotatable bonds is 18. The Morgan fingerprint density at radius 2 is 0.400 bits per heavy atom. The molecular weight excluding hydrogens is 900 g/mol. The molecule has 0 aliphatic carbocycles. The van der Waals surface area contributed by atoms with Crippen molar-refractivity contribution in [3.63, 3.8) is 0 Å². The highest BCUT2D eigenvalue weighted by Gasteiger charge is 2.92. The lowest BCUT2D eigenvalue weighted by Crippen LogP contribution is -2.70. The summed E-state index contributed by atoms with van der Waals surface area (Å²) in [4.78, 5) is 0. The van der Waals surface area contributed by atoms with Crippen LogP contribution in [0.2, 0.25) is 24.2 Å². The van der Waals surface area contributed by atoms with E-state index in [2.05, 4.69) is 0 Å². The van der Waals surface area contributed by atoms with E-state index >= 15 is 0 Å². The molecule has 33 heteroatoms. The molecular formula is C22H16F32Si. The van der Waals surface area contributed by atoms with E-state index in [1.54, 1.807) is 0 Å². The van der Waals surface area contributed by atoms with Gasteiger partial charge in [-0.05, 0) is 12.1 Å². The lowest BCUT2D eigenvalue weighted by molar-refractivity contribution is -0.440. The number of alkyl halides is 32. The second-order valence-corrected chi connectivity index (χ2v) is 16.7. The van der Waals surface area contributed by atoms with E-state index < -0.39 is 142 Å². The second-order valence-electron chi connectivity index (χ2n) is 11.7. The van der Waals surface area contributed by atoms with E-state index in [1.165, 1.54) is 0 Å². The van der Waals surface area contributed by atoms with Gasteiger partial charge in [0.25, 0.3) is 0 Å². The Morgan fingerprint density at radius 3 is 0.582 bits per heavy atom. The summed E-state index contributed by atoms with van der Waals surface area (Å²) in [6.07, 6.45) is -41.0. The molecule has 0 aromatic carbocycles. The molecule has 0 N–H and O–H groups in total. The van der Waals surface area contributed by atoms with Crippen molar-refractivity contribution in [2.75, 3.05) is 0 Å². The van der Waals surface area contributed by atoms with Crippen molar-refractivity contribution in [3.05, 3.63) is 0 Å². The second kappa shape index (κ2) is 14.7. The third-order valence-corrected chi connectivity index (χ3v) is 13.1. The Labute approximate surface area is 283 Å². The average Bonchev–Trinajstić information content (AvgIpc) is 2.93. The summed E-state index contributed by atoms with van der Waals surface area (Å²) in [6, 6.07) is -10.9. The minimum absolute atomic E-state index is 2.52. The monoisotopic (exact) mass is 916 g/mol. The molecule has 332 valence electrons. The minimum atomic E-state index is -8.64. The van der Waals surface area contributed by atoms with E-state index in [9.17, 15) is 140 Å². The van der Waals surface area contributed by atoms with E-state index in [0.29, 0.717) is 0 Å². The molecule has 0 nitrogen and oxygen atoms in total. The van der Waals surface area contributed by atoms with Crippen LogP contribution in [-0.4, -0.2) is 92.0 Å². The zero-order chi connectivity index (χ0) is 45.2. The molecule has 0 amide bonds. The first-order valence-electron chi connectivity index (χ1n) is 13.4. The Hall–Kier alpha value is -2.02. The largest absolute Gasteiger partial charge is 0.460 e. The number of halogens is 32. The molecule has 0 rings (SSSR count). The zero-order valence-electron chi connectivity index (χ0n) is 25.3. The van der Waals surface area contributed by atoms with Crippen LogP contribution in [-0.2, 0) is 0 Å². The molecule has 0 fully saturated rings. The maximum atomic E-state index is 14.4. The molecule has 0 unspecified atom stereocenters. The fourth-order valence-corrected chi connectivity index (χ4v) is 9.14. The van der Waals surface area contributed by atoms with Gasteiger partial charge in [0.2, 0.25) is 0 Å². The standard InChI is InChI=1S/C22H16F32Si/c23-9(24,13(33,34)15(37,38)17(41,42)19(45,46)21(49,50)51)1-5-55(7-3-11(27,28)29,8-4-12(30,31)32)6-2-10(25,26)14(35,36)16(39,40)18(43,44)20(47,48)22(52,53)54/h1-8H2. The van der Waals surface area contributed by atoms with E-state index in [-0.39, 0.29) is 0 Å². The summed E-state index contributed by atoms with van der Waals surface area (Å²) in [5.74, 6) is -82.7. The normalized spacial score (nSPS) is 16.6. The number of hydrogen-bond acceptors (Lipinski definition) is 0. The lowest BCUT2D eigenvalue weighted by atomic mass is 9.93. The Kier molecular flexibility index (Phi) is 14.1. The van der Waals surface area contributed by atoms with Crippen molar-refractivity contribution in [2.45, 2.75) is 134 Å². The van der Waals surface area contributed by atoms with E-state index in [1.807, 2.05) is 0 Å². The quantitative estimate of drug-likeness (QED) is 0.0949. The van der Waals surface area contributed by atoms with Crippen LogP contribution in [0.5, 0.6) is 0 Å². The van der Waals surface area contributed by atoms with Crippen molar-refractivity contribution in [1.82, 2.24) is 0 Å². The van der Waals surface area contributed by atoms with Crippen LogP contribution in [0.4, 0.5) is 140 Å². The molecule has 0 aromatic rings. The first-order valence-corrected chi connectivity index (χ1v) is 16.2. The molecule has 0 aliphatic rings. The zero-order valence-corrected chi connectivity index (χ0v) is 26.3. The van der Waals surface area contributed by atoms with Gasteiger partial charge in [-0.3, -0.25) is 0 Å². The van der Waals surface area contributed by atoms with Crippen LogP contribution in [0.1, 0.15) is 25.7 Å². The third-order valence-electron chi connectivity index (χ3n) is 7.81. The Balaban J connectivity index is 7.39. The van der Waals surface area contributed by atoms with Crippen LogP contribution >= 0.6 is 0 Å². The maximum Gasteiger partial charge on any atom is 0.460 e. The maximum absolute atomic E-state index is 14.4. The topological polar surface area (TPSA) is 0 Å². The summed E-state index contributed by atoms with van der Waals surface area (Å²) in [5, 5.41) is 0. The summed E-state index contributed by atoms with van der Waals surface area (Å²) in [7, 11) is -6.32. The van der Waals surface area contributed by atoms with Crippen molar-refractivity contribution in [3.8, 4) is 0 Å². The van der Waals surface area contributed by atoms with Gasteiger partial charge in [-0.25, -0.2) is 0 Å². The van der Waals surface area contributed by atoms with Gasteiger partial charge in [-0.15, -0.1) is 0 Å². The summed E-state index contributed by atoms with van der Waals surface area (Å²) in [6.45, 7) is 0. The first kappa shape index (κ1) is 53.0. The molecule has 55 heavy (non-hydrogen) atoms. The predicted molar refractivity (Wildman–Crippen MR) is 117 cm³/mol. The highest BCUT2D eigenvalue weighted by molar-refractivity contribution is 6.79. The molecule has 0 heterocycles. The van der Waals surface area contributed by atoms with Gasteiger partial charge >= 0.3 is 83.9 Å². The van der Waals surface area contributed by atoms with Crippen molar-refractivity contribution >= 4 is 8.07 Å². The molecule has 0 spiro atoms. The van der Waals surface area contributed by atoms with Crippen molar-refractivity contribution < 1.29 is 140 Å². The summed E-state index contributed by atoms with van der Waals surface area (Å²) >= 11 is 0. The van der Waals surface area contributed by atoms with Crippen LogP contribution in [0, 0.1) is 0 Å². The predicted octanol–water partition coefficient (Wildman–Crippen LogP) is 13.6. The van der Waals surface area contributed by atoms with Crippen LogP contribution in [0.25, 0.3) is 0 Å². The van der Waals surface area contributed by atoms with Gasteiger partial charge in [0.15, 0.2) is 0 Å². The van der Waals surface area contributed by atoms with Crippen molar-refractivity contribution in [2.24, 2.45) is 0 Å². The molecule has 0 saturated heterocycles. The molecule has 0 atom stereocenters. The summed E-state index contributed by atoms with van der Waals surface area (Å²) < 4.78 is 427. The molecule has 0 aliphatic heterocycles. The average molecular weight is 916 g/mol. The molecule has 0 saturated carbocycles. The lowest BCUT2D eigenvalue weighted by Gasteiger charge is -2.42. The van der Waals surface area contributed by atoms with Crippen LogP contribution < -0.4 is 0 Å². The summed E-state index contributed by atoms with van der Waals surface area (Å²) in [5.41, 5.74) is 0. The van der Waals surface area contributed by atoms with Crippen molar-refractivity contribution in [1.29, 1.82) is 0 Å². The Morgan fingerprint density at radius 1 is 0.218 bits per heavy atom. The van der Waals surface area contributed by atoms with Crippen LogP contribution in [0.3, 0.4) is 0 Å². The third kappa shape index (κ3) is 9.65. The SMILES string of the molecule is FC(F)(F)CC[Si](CCC(F)(F)F)(CCC(F)(F)C(F)(F)C(F)(F)C(F)(F)C(F)(F)C(F)(F)F)CCC(F)(F)C(F)(F)C(F)(F)C(F)(F)C(F)(F)C(F)(F)F.